The van der Waals surface area contributed by atoms with Crippen molar-refractivity contribution >= 4 is 27.4 Å². The molecule has 144 valence electrons. The van der Waals surface area contributed by atoms with Crippen LogP contribution in [0.3, 0.4) is 0 Å². The SMILES string of the molecule is CC(=O)c1ccc(NC(=O)CN(CCc2ccc(F)cc2)S(C)(=O)=O)cc1. The smallest absolute Gasteiger partial charge is 0.239 e. The second-order valence-corrected chi connectivity index (χ2v) is 8.14. The lowest BCUT2D eigenvalue weighted by Crippen LogP contribution is -2.38. The molecule has 1 N–H and O–H groups in total. The van der Waals surface area contributed by atoms with Gasteiger partial charge in [0.25, 0.3) is 0 Å². The molecule has 27 heavy (non-hydrogen) atoms. The van der Waals surface area contributed by atoms with Crippen LogP contribution in [0, 0.1) is 5.82 Å². The Labute approximate surface area is 158 Å². The van der Waals surface area contributed by atoms with Gasteiger partial charge in [-0.1, -0.05) is 12.1 Å². The molecular formula is C19H21FN2O4S. The van der Waals surface area contributed by atoms with Crippen molar-refractivity contribution in [2.24, 2.45) is 0 Å². The van der Waals surface area contributed by atoms with Crippen molar-refractivity contribution in [2.45, 2.75) is 13.3 Å². The van der Waals surface area contributed by atoms with Crippen LogP contribution in [-0.4, -0.2) is 43.8 Å². The number of nitrogens with zero attached hydrogens (tertiary/aromatic N) is 1. The summed E-state index contributed by atoms with van der Waals surface area (Å²) in [5.41, 5.74) is 1.76. The maximum atomic E-state index is 12.9. The Morgan fingerprint density at radius 3 is 2.15 bits per heavy atom. The molecule has 0 saturated carbocycles. The summed E-state index contributed by atoms with van der Waals surface area (Å²) in [6.07, 6.45) is 1.39. The van der Waals surface area contributed by atoms with Gasteiger partial charge in [-0.15, -0.1) is 0 Å². The quantitative estimate of drug-likeness (QED) is 0.700. The zero-order valence-corrected chi connectivity index (χ0v) is 15.9. The predicted molar refractivity (Wildman–Crippen MR) is 102 cm³/mol. The molecule has 2 aromatic carbocycles. The minimum Gasteiger partial charge on any atom is -0.325 e. The van der Waals surface area contributed by atoms with E-state index in [9.17, 15) is 22.4 Å². The third kappa shape index (κ3) is 6.58. The van der Waals surface area contributed by atoms with Crippen LogP contribution in [0.15, 0.2) is 48.5 Å². The Hall–Kier alpha value is -2.58. The van der Waals surface area contributed by atoms with Crippen LogP contribution in [0.25, 0.3) is 0 Å². The molecule has 0 fully saturated rings. The number of benzene rings is 2. The van der Waals surface area contributed by atoms with E-state index >= 15 is 0 Å². The molecule has 0 radical (unpaired) electrons. The average Bonchev–Trinajstić information content (AvgIpc) is 2.59. The first-order valence-corrected chi connectivity index (χ1v) is 10.1. The maximum Gasteiger partial charge on any atom is 0.239 e. The first kappa shape index (κ1) is 20.7. The number of hydrogen-bond acceptors (Lipinski definition) is 4. The largest absolute Gasteiger partial charge is 0.325 e. The number of Topliss-reactive ketones (excluding diaryl/α,β-unsaturated/α-hetero) is 1. The molecule has 0 aliphatic heterocycles. The average molecular weight is 392 g/mol. The fourth-order valence-corrected chi connectivity index (χ4v) is 3.19. The van der Waals surface area contributed by atoms with E-state index in [1.807, 2.05) is 0 Å². The van der Waals surface area contributed by atoms with Crippen LogP contribution < -0.4 is 5.32 Å². The molecule has 2 rings (SSSR count). The predicted octanol–water partition coefficient (Wildman–Crippen LogP) is 2.47. The number of carbonyl (C=O) groups is 2. The van der Waals surface area contributed by atoms with E-state index in [4.69, 9.17) is 0 Å². The lowest BCUT2D eigenvalue weighted by Gasteiger charge is -2.19. The van der Waals surface area contributed by atoms with Crippen molar-refractivity contribution in [2.75, 3.05) is 24.7 Å². The molecule has 0 atom stereocenters. The zero-order chi connectivity index (χ0) is 20.0. The number of halogens is 1. The highest BCUT2D eigenvalue weighted by Gasteiger charge is 2.20. The van der Waals surface area contributed by atoms with E-state index in [0.29, 0.717) is 17.7 Å². The number of hydrogen-bond donors (Lipinski definition) is 1. The first-order valence-electron chi connectivity index (χ1n) is 8.25. The lowest BCUT2D eigenvalue weighted by molar-refractivity contribution is -0.116. The van der Waals surface area contributed by atoms with E-state index in [0.717, 1.165) is 16.1 Å². The number of carbonyl (C=O) groups excluding carboxylic acids is 2. The fourth-order valence-electron chi connectivity index (χ4n) is 2.42. The number of anilines is 1. The van der Waals surface area contributed by atoms with Crippen molar-refractivity contribution in [1.82, 2.24) is 4.31 Å². The van der Waals surface area contributed by atoms with Crippen molar-refractivity contribution < 1.29 is 22.4 Å². The Bertz CT molecular complexity index is 910. The molecule has 0 spiro atoms. The Morgan fingerprint density at radius 2 is 1.63 bits per heavy atom. The number of ketones is 1. The van der Waals surface area contributed by atoms with E-state index in [2.05, 4.69) is 5.32 Å². The molecular weight excluding hydrogens is 371 g/mol. The van der Waals surface area contributed by atoms with Gasteiger partial charge in [0.1, 0.15) is 5.82 Å². The summed E-state index contributed by atoms with van der Waals surface area (Å²) in [7, 11) is -3.59. The van der Waals surface area contributed by atoms with Gasteiger partial charge in [0.2, 0.25) is 15.9 Å². The van der Waals surface area contributed by atoms with Gasteiger partial charge in [0.15, 0.2) is 5.78 Å². The molecule has 0 unspecified atom stereocenters. The van der Waals surface area contributed by atoms with Gasteiger partial charge in [-0.3, -0.25) is 9.59 Å². The van der Waals surface area contributed by atoms with Crippen LogP contribution >= 0.6 is 0 Å². The molecule has 0 aliphatic carbocycles. The Kier molecular flexibility index (Phi) is 6.81. The summed E-state index contributed by atoms with van der Waals surface area (Å²) >= 11 is 0. The highest BCUT2D eigenvalue weighted by atomic mass is 32.2. The normalized spacial score (nSPS) is 11.4. The molecule has 2 aromatic rings. The van der Waals surface area contributed by atoms with Crippen LogP contribution in [-0.2, 0) is 21.2 Å². The summed E-state index contributed by atoms with van der Waals surface area (Å²) in [6, 6.07) is 12.1. The third-order valence-corrected chi connectivity index (χ3v) is 5.18. The maximum absolute atomic E-state index is 12.9. The molecule has 0 aromatic heterocycles. The summed E-state index contributed by atoms with van der Waals surface area (Å²) in [5.74, 6) is -0.944. The van der Waals surface area contributed by atoms with Crippen molar-refractivity contribution in [1.29, 1.82) is 0 Å². The number of rotatable bonds is 8. The zero-order valence-electron chi connectivity index (χ0n) is 15.1. The highest BCUT2D eigenvalue weighted by molar-refractivity contribution is 7.88. The number of nitrogens with one attached hydrogen (secondary N) is 1. The number of amides is 1. The second kappa shape index (κ2) is 8.88. The van der Waals surface area contributed by atoms with Crippen molar-refractivity contribution in [3.63, 3.8) is 0 Å². The molecule has 0 bridgehead atoms. The summed E-state index contributed by atoms with van der Waals surface area (Å²) in [4.78, 5) is 23.5. The molecule has 0 heterocycles. The van der Waals surface area contributed by atoms with E-state index < -0.39 is 15.9 Å². The third-order valence-electron chi connectivity index (χ3n) is 3.93. The van der Waals surface area contributed by atoms with Crippen LogP contribution in [0.1, 0.15) is 22.8 Å². The van der Waals surface area contributed by atoms with E-state index in [1.165, 1.54) is 19.1 Å². The van der Waals surface area contributed by atoms with Crippen LogP contribution in [0.4, 0.5) is 10.1 Å². The highest BCUT2D eigenvalue weighted by Crippen LogP contribution is 2.11. The van der Waals surface area contributed by atoms with E-state index in [-0.39, 0.29) is 24.7 Å². The molecule has 6 nitrogen and oxygen atoms in total. The minimum atomic E-state index is -3.59. The van der Waals surface area contributed by atoms with Crippen molar-refractivity contribution in [3.8, 4) is 0 Å². The van der Waals surface area contributed by atoms with Gasteiger partial charge in [-0.05, 0) is 55.3 Å². The lowest BCUT2D eigenvalue weighted by atomic mass is 10.1. The molecule has 8 heteroatoms. The van der Waals surface area contributed by atoms with E-state index in [1.54, 1.807) is 36.4 Å². The van der Waals surface area contributed by atoms with Crippen LogP contribution in [0.5, 0.6) is 0 Å². The summed E-state index contributed by atoms with van der Waals surface area (Å²) < 4.78 is 37.9. The number of sulfonamides is 1. The monoisotopic (exact) mass is 392 g/mol. The van der Waals surface area contributed by atoms with Crippen LogP contribution in [0.2, 0.25) is 0 Å². The van der Waals surface area contributed by atoms with Crippen molar-refractivity contribution in [3.05, 3.63) is 65.5 Å². The fraction of sp³-hybridized carbons (Fsp3) is 0.263. The van der Waals surface area contributed by atoms with Gasteiger partial charge in [-0.25, -0.2) is 12.8 Å². The first-order chi connectivity index (χ1) is 12.6. The Morgan fingerprint density at radius 1 is 1.04 bits per heavy atom. The second-order valence-electron chi connectivity index (χ2n) is 6.15. The van der Waals surface area contributed by atoms with Gasteiger partial charge >= 0.3 is 0 Å². The standard InChI is InChI=1S/C19H21FN2O4S/c1-14(23)16-5-9-18(10-6-16)21-19(24)13-22(27(2,25)26)12-11-15-3-7-17(20)8-4-15/h3-10H,11-13H2,1-2H3,(H,21,24). The topological polar surface area (TPSA) is 83.6 Å². The molecule has 0 aliphatic rings. The van der Waals surface area contributed by atoms with Gasteiger partial charge in [0, 0.05) is 17.8 Å². The van der Waals surface area contributed by atoms with Gasteiger partial charge in [0.05, 0.1) is 12.8 Å². The van der Waals surface area contributed by atoms with Gasteiger partial charge < -0.3 is 5.32 Å². The molecule has 1 amide bonds. The summed E-state index contributed by atoms with van der Waals surface area (Å²) in [5, 5.41) is 2.61. The van der Waals surface area contributed by atoms with Gasteiger partial charge in [-0.2, -0.15) is 4.31 Å². The minimum absolute atomic E-state index is 0.0862. The Balaban J connectivity index is 1.99. The molecule has 0 saturated heterocycles. The summed E-state index contributed by atoms with van der Waals surface area (Å²) in [6.45, 7) is 1.20.